The highest BCUT2D eigenvalue weighted by Gasteiger charge is 2.17. The second kappa shape index (κ2) is 11.5. The van der Waals surface area contributed by atoms with E-state index in [-0.39, 0.29) is 43.0 Å². The van der Waals surface area contributed by atoms with E-state index in [4.69, 9.17) is 5.73 Å². The summed E-state index contributed by atoms with van der Waals surface area (Å²) in [6.45, 7) is 3.78. The first-order valence-electron chi connectivity index (χ1n) is 9.31. The summed E-state index contributed by atoms with van der Waals surface area (Å²) in [5, 5.41) is 5.63. The Balaban J connectivity index is 0.00000210. The average molecular weight is 439 g/mol. The minimum Gasteiger partial charge on any atom is -0.399 e. The van der Waals surface area contributed by atoms with Crippen LogP contribution in [0.15, 0.2) is 48.5 Å². The molecule has 0 radical (unpaired) electrons. The molecular weight excluding hydrogens is 411 g/mol. The first kappa shape index (κ1) is 24.6. The highest BCUT2D eigenvalue weighted by atomic mass is 35.5. The molecule has 1 atom stereocenters. The number of nitrogens with one attached hydrogen (secondary N) is 2. The Morgan fingerprint density at radius 1 is 1.07 bits per heavy atom. The fourth-order valence-corrected chi connectivity index (χ4v) is 3.19. The van der Waals surface area contributed by atoms with Gasteiger partial charge in [0, 0.05) is 30.2 Å². The third kappa shape index (κ3) is 7.15. The molecule has 4 N–H and O–H groups in total. The SMILES string of the molecule is CC(NC(=O)Cc1ccc(N)cc1)C(=O)Nc1cccc(N2CCCC2)c1.Cl.Cl. The maximum atomic E-state index is 12.4. The van der Waals surface area contributed by atoms with Crippen molar-refractivity contribution in [2.24, 2.45) is 0 Å². The first-order valence-corrected chi connectivity index (χ1v) is 9.31. The van der Waals surface area contributed by atoms with Crippen molar-refractivity contribution in [3.63, 3.8) is 0 Å². The molecule has 1 unspecified atom stereocenters. The van der Waals surface area contributed by atoms with Gasteiger partial charge in [0.15, 0.2) is 0 Å². The second-order valence-corrected chi connectivity index (χ2v) is 6.94. The lowest BCUT2D eigenvalue weighted by molar-refractivity contribution is -0.125. The molecule has 1 saturated heterocycles. The summed E-state index contributed by atoms with van der Waals surface area (Å²) in [7, 11) is 0. The molecule has 1 aliphatic rings. The monoisotopic (exact) mass is 438 g/mol. The number of nitrogens with zero attached hydrogens (tertiary/aromatic N) is 1. The van der Waals surface area contributed by atoms with Gasteiger partial charge in [0.05, 0.1) is 6.42 Å². The summed E-state index contributed by atoms with van der Waals surface area (Å²) in [5.74, 6) is -0.438. The van der Waals surface area contributed by atoms with Crippen molar-refractivity contribution < 1.29 is 9.59 Å². The van der Waals surface area contributed by atoms with Gasteiger partial charge in [-0.15, -0.1) is 24.8 Å². The molecule has 0 saturated carbocycles. The number of nitrogens with two attached hydrogens (primary N) is 1. The highest BCUT2D eigenvalue weighted by Crippen LogP contribution is 2.23. The molecule has 3 rings (SSSR count). The van der Waals surface area contributed by atoms with Crippen LogP contribution in [0, 0.1) is 0 Å². The predicted octanol–water partition coefficient (Wildman–Crippen LogP) is 3.40. The standard InChI is InChI=1S/C21H26N4O2.2ClH/c1-15(23-20(26)13-16-7-9-17(22)10-8-16)21(27)24-18-5-4-6-19(14-18)25-11-2-3-12-25;;/h4-10,14-15H,2-3,11-13,22H2,1H3,(H,23,26)(H,24,27);2*1H. The van der Waals surface area contributed by atoms with Crippen molar-refractivity contribution in [2.75, 3.05) is 29.0 Å². The minimum absolute atomic E-state index is 0. The van der Waals surface area contributed by atoms with E-state index in [9.17, 15) is 9.59 Å². The van der Waals surface area contributed by atoms with Crippen LogP contribution < -0.4 is 21.3 Å². The Bertz CT molecular complexity index is 809. The van der Waals surface area contributed by atoms with E-state index >= 15 is 0 Å². The van der Waals surface area contributed by atoms with Crippen LogP contribution in [0.4, 0.5) is 17.1 Å². The number of anilines is 3. The molecule has 6 nitrogen and oxygen atoms in total. The first-order chi connectivity index (χ1) is 13.0. The number of benzene rings is 2. The van der Waals surface area contributed by atoms with Gasteiger partial charge in [-0.2, -0.15) is 0 Å². The van der Waals surface area contributed by atoms with Gasteiger partial charge in [0.1, 0.15) is 6.04 Å². The van der Waals surface area contributed by atoms with Crippen molar-refractivity contribution in [3.8, 4) is 0 Å². The zero-order chi connectivity index (χ0) is 19.2. The zero-order valence-corrected chi connectivity index (χ0v) is 18.0. The third-order valence-corrected chi connectivity index (χ3v) is 4.70. The smallest absolute Gasteiger partial charge is 0.246 e. The topological polar surface area (TPSA) is 87.5 Å². The highest BCUT2D eigenvalue weighted by molar-refractivity contribution is 5.97. The molecule has 158 valence electrons. The zero-order valence-electron chi connectivity index (χ0n) is 16.4. The summed E-state index contributed by atoms with van der Waals surface area (Å²) < 4.78 is 0. The molecular formula is C21H28Cl2N4O2. The summed E-state index contributed by atoms with van der Waals surface area (Å²) in [6.07, 6.45) is 2.61. The van der Waals surface area contributed by atoms with Crippen LogP contribution in [0.1, 0.15) is 25.3 Å². The van der Waals surface area contributed by atoms with Gasteiger partial charge >= 0.3 is 0 Å². The van der Waals surface area contributed by atoms with Gasteiger partial charge in [0.25, 0.3) is 0 Å². The van der Waals surface area contributed by atoms with Gasteiger partial charge in [-0.3, -0.25) is 9.59 Å². The van der Waals surface area contributed by atoms with E-state index in [0.717, 1.165) is 30.0 Å². The maximum Gasteiger partial charge on any atom is 0.246 e. The van der Waals surface area contributed by atoms with Crippen LogP contribution in [0.25, 0.3) is 0 Å². The fourth-order valence-electron chi connectivity index (χ4n) is 3.19. The molecule has 1 aliphatic heterocycles. The number of rotatable bonds is 6. The van der Waals surface area contributed by atoms with Gasteiger partial charge in [-0.05, 0) is 55.7 Å². The van der Waals surface area contributed by atoms with Crippen LogP contribution in [0.5, 0.6) is 0 Å². The lowest BCUT2D eigenvalue weighted by Gasteiger charge is -2.19. The van der Waals surface area contributed by atoms with E-state index in [0.29, 0.717) is 5.69 Å². The van der Waals surface area contributed by atoms with Crippen LogP contribution in [0.3, 0.4) is 0 Å². The Labute approximate surface area is 184 Å². The van der Waals surface area contributed by atoms with Gasteiger partial charge in [-0.25, -0.2) is 0 Å². The number of carbonyl (C=O) groups is 2. The lowest BCUT2D eigenvalue weighted by Crippen LogP contribution is -2.42. The molecule has 2 amide bonds. The van der Waals surface area contributed by atoms with Crippen molar-refractivity contribution in [1.82, 2.24) is 5.32 Å². The molecule has 29 heavy (non-hydrogen) atoms. The Kier molecular flexibility index (Phi) is 9.78. The molecule has 0 spiro atoms. The Morgan fingerprint density at radius 3 is 2.38 bits per heavy atom. The Hall–Kier alpha value is -2.44. The Morgan fingerprint density at radius 2 is 1.72 bits per heavy atom. The molecule has 1 fully saturated rings. The van der Waals surface area contributed by atoms with Gasteiger partial charge in [-0.1, -0.05) is 18.2 Å². The maximum absolute atomic E-state index is 12.4. The molecule has 1 heterocycles. The second-order valence-electron chi connectivity index (χ2n) is 6.94. The summed E-state index contributed by atoms with van der Waals surface area (Å²) >= 11 is 0. The van der Waals surface area contributed by atoms with E-state index in [1.165, 1.54) is 12.8 Å². The summed E-state index contributed by atoms with van der Waals surface area (Å²) in [5.41, 5.74) is 9.01. The van der Waals surface area contributed by atoms with Crippen molar-refractivity contribution >= 4 is 53.7 Å². The third-order valence-electron chi connectivity index (χ3n) is 4.70. The summed E-state index contributed by atoms with van der Waals surface area (Å²) in [6, 6.07) is 14.3. The number of nitrogen functional groups attached to an aromatic ring is 1. The predicted molar refractivity (Wildman–Crippen MR) is 123 cm³/mol. The number of amides is 2. The number of hydrogen-bond donors (Lipinski definition) is 3. The van der Waals surface area contributed by atoms with Crippen molar-refractivity contribution in [3.05, 3.63) is 54.1 Å². The minimum atomic E-state index is -0.623. The van der Waals surface area contributed by atoms with Gasteiger partial charge < -0.3 is 21.3 Å². The van der Waals surface area contributed by atoms with Crippen LogP contribution >= 0.6 is 24.8 Å². The quantitative estimate of drug-likeness (QED) is 0.603. The number of hydrogen-bond acceptors (Lipinski definition) is 4. The van der Waals surface area contributed by atoms with Crippen LogP contribution in [-0.2, 0) is 16.0 Å². The molecule has 8 heteroatoms. The normalized spacial score (nSPS) is 13.6. The molecule has 2 aromatic carbocycles. The van der Waals surface area contributed by atoms with Gasteiger partial charge in [0.2, 0.25) is 11.8 Å². The largest absolute Gasteiger partial charge is 0.399 e. The van der Waals surface area contributed by atoms with Crippen LogP contribution in [0.2, 0.25) is 0 Å². The van der Waals surface area contributed by atoms with Crippen molar-refractivity contribution in [2.45, 2.75) is 32.2 Å². The van der Waals surface area contributed by atoms with E-state index in [2.05, 4.69) is 21.6 Å². The molecule has 0 bridgehead atoms. The molecule has 0 aromatic heterocycles. The average Bonchev–Trinajstić information content (AvgIpc) is 3.18. The summed E-state index contributed by atoms with van der Waals surface area (Å²) in [4.78, 5) is 26.9. The fraction of sp³-hybridized carbons (Fsp3) is 0.333. The molecule has 0 aliphatic carbocycles. The van der Waals surface area contributed by atoms with E-state index in [1.807, 2.05) is 30.3 Å². The lowest BCUT2D eigenvalue weighted by atomic mass is 10.1. The van der Waals surface area contributed by atoms with Crippen molar-refractivity contribution in [1.29, 1.82) is 0 Å². The molecule has 2 aromatic rings. The van der Waals surface area contributed by atoms with Crippen LogP contribution in [-0.4, -0.2) is 30.9 Å². The number of carbonyl (C=O) groups excluding carboxylic acids is 2. The number of halogens is 2. The van der Waals surface area contributed by atoms with E-state index in [1.54, 1.807) is 19.1 Å². The van der Waals surface area contributed by atoms with E-state index < -0.39 is 6.04 Å².